The third-order valence-electron chi connectivity index (χ3n) is 3.45. The molecule has 1 aliphatic heterocycles. The fraction of sp³-hybridized carbons (Fsp3) is 0.600. The molecule has 0 amide bonds. The lowest BCUT2D eigenvalue weighted by atomic mass is 10.1. The van der Waals surface area contributed by atoms with Crippen molar-refractivity contribution in [2.24, 2.45) is 0 Å². The van der Waals surface area contributed by atoms with Gasteiger partial charge in [-0.2, -0.15) is 0 Å². The van der Waals surface area contributed by atoms with Crippen molar-refractivity contribution in [2.45, 2.75) is 12.8 Å². The first-order valence-corrected chi connectivity index (χ1v) is 6.84. The number of ether oxygens (including phenoxy) is 3. The van der Waals surface area contributed by atoms with Gasteiger partial charge in [-0.1, -0.05) is 0 Å². The highest BCUT2D eigenvalue weighted by Gasteiger charge is 2.09. The summed E-state index contributed by atoms with van der Waals surface area (Å²) in [6.07, 6.45) is 2.20. The second kappa shape index (κ2) is 7.36. The summed E-state index contributed by atoms with van der Waals surface area (Å²) >= 11 is 0. The molecular weight excluding hydrogens is 242 g/mol. The molecule has 0 N–H and O–H groups in total. The molecule has 0 radical (unpaired) electrons. The quantitative estimate of drug-likeness (QED) is 0.787. The molecule has 0 aromatic heterocycles. The second-order valence-electron chi connectivity index (χ2n) is 4.78. The van der Waals surface area contributed by atoms with E-state index in [1.165, 1.54) is 5.56 Å². The van der Waals surface area contributed by atoms with E-state index in [0.29, 0.717) is 0 Å². The van der Waals surface area contributed by atoms with Crippen molar-refractivity contribution in [3.63, 3.8) is 0 Å². The van der Waals surface area contributed by atoms with Crippen LogP contribution in [0.5, 0.6) is 11.5 Å². The van der Waals surface area contributed by atoms with E-state index in [2.05, 4.69) is 17.0 Å². The zero-order valence-electron chi connectivity index (χ0n) is 11.9. The van der Waals surface area contributed by atoms with Gasteiger partial charge in [-0.05, 0) is 37.1 Å². The van der Waals surface area contributed by atoms with Crippen molar-refractivity contribution in [2.75, 3.05) is 47.1 Å². The van der Waals surface area contributed by atoms with Crippen LogP contribution in [-0.2, 0) is 11.2 Å². The zero-order chi connectivity index (χ0) is 13.5. The number of hydrogen-bond donors (Lipinski definition) is 0. The third kappa shape index (κ3) is 4.40. The van der Waals surface area contributed by atoms with E-state index in [9.17, 15) is 0 Å². The monoisotopic (exact) mass is 265 g/mol. The van der Waals surface area contributed by atoms with Crippen molar-refractivity contribution in [1.29, 1.82) is 0 Å². The fourth-order valence-corrected chi connectivity index (χ4v) is 2.34. The summed E-state index contributed by atoms with van der Waals surface area (Å²) in [5.74, 6) is 1.72. The SMILES string of the molecule is COc1cc(CCCN2CCOCC2)cc(OC)c1. The van der Waals surface area contributed by atoms with Gasteiger partial charge in [0.25, 0.3) is 0 Å². The Kier molecular flexibility index (Phi) is 5.48. The van der Waals surface area contributed by atoms with Gasteiger partial charge >= 0.3 is 0 Å². The lowest BCUT2D eigenvalue weighted by Gasteiger charge is -2.26. The van der Waals surface area contributed by atoms with E-state index < -0.39 is 0 Å². The molecule has 1 aliphatic rings. The van der Waals surface area contributed by atoms with Gasteiger partial charge in [-0.3, -0.25) is 4.90 Å². The standard InChI is InChI=1S/C15H23NO3/c1-17-14-10-13(11-15(12-14)18-2)4-3-5-16-6-8-19-9-7-16/h10-12H,3-9H2,1-2H3. The lowest BCUT2D eigenvalue weighted by Crippen LogP contribution is -2.36. The third-order valence-corrected chi connectivity index (χ3v) is 3.45. The molecule has 0 bridgehead atoms. The van der Waals surface area contributed by atoms with Gasteiger partial charge in [0, 0.05) is 19.2 Å². The maximum Gasteiger partial charge on any atom is 0.122 e. The number of morpholine rings is 1. The molecule has 0 saturated carbocycles. The van der Waals surface area contributed by atoms with Crippen molar-refractivity contribution in [3.05, 3.63) is 23.8 Å². The van der Waals surface area contributed by atoms with Gasteiger partial charge in [0.15, 0.2) is 0 Å². The van der Waals surface area contributed by atoms with Crippen LogP contribution < -0.4 is 9.47 Å². The molecule has 106 valence electrons. The highest BCUT2D eigenvalue weighted by molar-refractivity contribution is 5.38. The summed E-state index contributed by atoms with van der Waals surface area (Å²) in [4.78, 5) is 2.46. The highest BCUT2D eigenvalue weighted by Crippen LogP contribution is 2.23. The lowest BCUT2D eigenvalue weighted by molar-refractivity contribution is 0.0374. The normalized spacial score (nSPS) is 16.3. The van der Waals surface area contributed by atoms with Gasteiger partial charge in [0.2, 0.25) is 0 Å². The Hall–Kier alpha value is -1.26. The number of rotatable bonds is 6. The molecule has 1 aromatic carbocycles. The molecule has 1 aromatic rings. The second-order valence-corrected chi connectivity index (χ2v) is 4.78. The van der Waals surface area contributed by atoms with Crippen LogP contribution in [0, 0.1) is 0 Å². The topological polar surface area (TPSA) is 30.9 Å². The molecular formula is C15H23NO3. The molecule has 19 heavy (non-hydrogen) atoms. The smallest absolute Gasteiger partial charge is 0.122 e. The minimum atomic E-state index is 0.862. The van der Waals surface area contributed by atoms with E-state index in [0.717, 1.165) is 57.2 Å². The van der Waals surface area contributed by atoms with Crippen LogP contribution >= 0.6 is 0 Å². The largest absolute Gasteiger partial charge is 0.497 e. The van der Waals surface area contributed by atoms with Crippen LogP contribution in [0.1, 0.15) is 12.0 Å². The summed E-state index contributed by atoms with van der Waals surface area (Å²) in [7, 11) is 3.37. The molecule has 0 aliphatic carbocycles. The van der Waals surface area contributed by atoms with Gasteiger partial charge in [-0.25, -0.2) is 0 Å². The van der Waals surface area contributed by atoms with Crippen molar-refractivity contribution >= 4 is 0 Å². The molecule has 0 spiro atoms. The molecule has 0 unspecified atom stereocenters. The maximum absolute atomic E-state index is 5.35. The molecule has 0 atom stereocenters. The van der Waals surface area contributed by atoms with E-state index in [4.69, 9.17) is 14.2 Å². The first-order valence-electron chi connectivity index (χ1n) is 6.84. The minimum Gasteiger partial charge on any atom is -0.497 e. The zero-order valence-corrected chi connectivity index (χ0v) is 11.9. The number of methoxy groups -OCH3 is 2. The molecule has 1 saturated heterocycles. The Bertz CT molecular complexity index is 367. The summed E-state index contributed by atoms with van der Waals surface area (Å²) < 4.78 is 15.9. The van der Waals surface area contributed by atoms with Crippen LogP contribution in [0.25, 0.3) is 0 Å². The van der Waals surface area contributed by atoms with Crippen LogP contribution in [0.2, 0.25) is 0 Å². The number of benzene rings is 1. The van der Waals surface area contributed by atoms with Crippen LogP contribution in [0.4, 0.5) is 0 Å². The van der Waals surface area contributed by atoms with Crippen LogP contribution in [-0.4, -0.2) is 52.0 Å². The number of nitrogens with zero attached hydrogens (tertiary/aromatic N) is 1. The van der Waals surface area contributed by atoms with Gasteiger partial charge in [0.1, 0.15) is 11.5 Å². The fourth-order valence-electron chi connectivity index (χ4n) is 2.34. The number of hydrogen-bond acceptors (Lipinski definition) is 4. The molecule has 2 rings (SSSR count). The van der Waals surface area contributed by atoms with E-state index in [1.807, 2.05) is 6.07 Å². The maximum atomic E-state index is 5.35. The summed E-state index contributed by atoms with van der Waals surface area (Å²) in [6.45, 7) is 4.98. The average molecular weight is 265 g/mol. The molecule has 4 nitrogen and oxygen atoms in total. The Morgan fingerprint density at radius 3 is 2.26 bits per heavy atom. The highest BCUT2D eigenvalue weighted by atomic mass is 16.5. The van der Waals surface area contributed by atoms with Crippen molar-refractivity contribution in [1.82, 2.24) is 4.90 Å². The first-order chi connectivity index (χ1) is 9.31. The predicted molar refractivity (Wildman–Crippen MR) is 75.1 cm³/mol. The molecule has 1 fully saturated rings. The first kappa shape index (κ1) is 14.2. The molecule has 1 heterocycles. The van der Waals surface area contributed by atoms with Crippen molar-refractivity contribution in [3.8, 4) is 11.5 Å². The minimum absolute atomic E-state index is 0.862. The summed E-state index contributed by atoms with van der Waals surface area (Å²) in [5.41, 5.74) is 1.27. The van der Waals surface area contributed by atoms with Gasteiger partial charge in [0.05, 0.1) is 27.4 Å². The van der Waals surface area contributed by atoms with Gasteiger partial charge in [-0.15, -0.1) is 0 Å². The Morgan fingerprint density at radius 2 is 1.68 bits per heavy atom. The van der Waals surface area contributed by atoms with E-state index in [-0.39, 0.29) is 0 Å². The van der Waals surface area contributed by atoms with E-state index in [1.54, 1.807) is 14.2 Å². The summed E-state index contributed by atoms with van der Waals surface area (Å²) in [6, 6.07) is 6.08. The van der Waals surface area contributed by atoms with E-state index >= 15 is 0 Å². The molecule has 4 heteroatoms. The van der Waals surface area contributed by atoms with Crippen LogP contribution in [0.15, 0.2) is 18.2 Å². The predicted octanol–water partition coefficient (Wildman–Crippen LogP) is 1.97. The van der Waals surface area contributed by atoms with Gasteiger partial charge < -0.3 is 14.2 Å². The summed E-state index contributed by atoms with van der Waals surface area (Å²) in [5, 5.41) is 0. The Morgan fingerprint density at radius 1 is 1.05 bits per heavy atom. The Balaban J connectivity index is 1.84. The van der Waals surface area contributed by atoms with Crippen LogP contribution in [0.3, 0.4) is 0 Å². The van der Waals surface area contributed by atoms with Crippen molar-refractivity contribution < 1.29 is 14.2 Å². The number of aryl methyl sites for hydroxylation is 1. The Labute approximate surface area is 115 Å². The average Bonchev–Trinajstić information content (AvgIpc) is 2.48.